The molecular weight excluding hydrogens is 224 g/mol. The van der Waals surface area contributed by atoms with E-state index in [4.69, 9.17) is 4.74 Å². The lowest BCUT2D eigenvalue weighted by Crippen LogP contribution is -1.99. The monoisotopic (exact) mass is 232 g/mol. The number of hydrogen-bond donors (Lipinski definition) is 0. The van der Waals surface area contributed by atoms with Gasteiger partial charge in [0, 0.05) is 14.2 Å². The van der Waals surface area contributed by atoms with E-state index in [2.05, 4.69) is 21.0 Å². The van der Waals surface area contributed by atoms with Crippen molar-refractivity contribution >= 4 is 22.2 Å². The molecule has 0 fully saturated rings. The Hall–Kier alpha value is -0.680. The topological polar surface area (TPSA) is 44.1 Å². The summed E-state index contributed by atoms with van der Waals surface area (Å²) < 4.78 is 7.27. The fraction of sp³-hybridized carbons (Fsp3) is 0.429. The zero-order valence-corrected chi connectivity index (χ0v) is 8.46. The highest BCUT2D eigenvalue weighted by Crippen LogP contribution is 2.19. The maximum atomic E-state index is 10.5. The summed E-state index contributed by atoms with van der Waals surface area (Å²) in [5.41, 5.74) is 1.27. The molecule has 0 atom stereocenters. The highest BCUT2D eigenvalue weighted by atomic mass is 79.9. The van der Waals surface area contributed by atoms with E-state index in [9.17, 15) is 4.79 Å². The Balaban J connectivity index is 3.09. The SMILES string of the molecule is COCc1c(Br)c(C=O)nn1C. The van der Waals surface area contributed by atoms with Gasteiger partial charge in [-0.2, -0.15) is 5.10 Å². The second-order valence-corrected chi connectivity index (χ2v) is 3.11. The van der Waals surface area contributed by atoms with Crippen LogP contribution < -0.4 is 0 Å². The number of carbonyl (C=O) groups excluding carboxylic acids is 1. The van der Waals surface area contributed by atoms with E-state index >= 15 is 0 Å². The lowest BCUT2D eigenvalue weighted by Gasteiger charge is -1.99. The van der Waals surface area contributed by atoms with Crippen LogP contribution in [0.4, 0.5) is 0 Å². The number of hydrogen-bond acceptors (Lipinski definition) is 3. The third-order valence-corrected chi connectivity index (χ3v) is 2.38. The second-order valence-electron chi connectivity index (χ2n) is 2.32. The van der Waals surface area contributed by atoms with Gasteiger partial charge in [-0.15, -0.1) is 0 Å². The first kappa shape index (κ1) is 9.41. The first-order chi connectivity index (χ1) is 5.70. The van der Waals surface area contributed by atoms with Crippen LogP contribution in [0.25, 0.3) is 0 Å². The second kappa shape index (κ2) is 3.82. The number of nitrogens with zero attached hydrogens (tertiary/aromatic N) is 2. The number of aromatic nitrogens is 2. The molecule has 1 aromatic heterocycles. The lowest BCUT2D eigenvalue weighted by molar-refractivity contribution is 0.111. The molecule has 5 heteroatoms. The van der Waals surface area contributed by atoms with Gasteiger partial charge in [-0.1, -0.05) is 0 Å². The van der Waals surface area contributed by atoms with Crippen LogP contribution in [0.3, 0.4) is 0 Å². The Morgan fingerprint density at radius 1 is 1.75 bits per heavy atom. The summed E-state index contributed by atoms with van der Waals surface area (Å²) in [6, 6.07) is 0. The van der Waals surface area contributed by atoms with Gasteiger partial charge in [0.1, 0.15) is 5.69 Å². The Morgan fingerprint density at radius 3 is 2.83 bits per heavy atom. The van der Waals surface area contributed by atoms with Gasteiger partial charge in [0.2, 0.25) is 0 Å². The zero-order valence-electron chi connectivity index (χ0n) is 6.87. The van der Waals surface area contributed by atoms with Crippen LogP contribution in [0.5, 0.6) is 0 Å². The molecule has 0 spiro atoms. The molecule has 1 rings (SSSR count). The van der Waals surface area contributed by atoms with Gasteiger partial charge >= 0.3 is 0 Å². The fourth-order valence-corrected chi connectivity index (χ4v) is 1.47. The largest absolute Gasteiger partial charge is 0.378 e. The minimum Gasteiger partial charge on any atom is -0.378 e. The highest BCUT2D eigenvalue weighted by Gasteiger charge is 2.11. The molecule has 0 saturated heterocycles. The van der Waals surface area contributed by atoms with Gasteiger partial charge in [-0.25, -0.2) is 0 Å². The molecule has 0 saturated carbocycles. The molecule has 0 bridgehead atoms. The first-order valence-electron chi connectivity index (χ1n) is 3.36. The van der Waals surface area contributed by atoms with Gasteiger partial charge in [-0.3, -0.25) is 9.48 Å². The minimum atomic E-state index is 0.407. The molecular formula is C7H9BrN2O2. The summed E-state index contributed by atoms with van der Waals surface area (Å²) in [5, 5.41) is 3.97. The third-order valence-electron chi connectivity index (χ3n) is 1.52. The van der Waals surface area contributed by atoms with Crippen LogP contribution in [0, 0.1) is 0 Å². The number of aldehydes is 1. The van der Waals surface area contributed by atoms with Gasteiger partial charge in [0.25, 0.3) is 0 Å². The molecule has 12 heavy (non-hydrogen) atoms. The molecule has 0 radical (unpaired) electrons. The maximum Gasteiger partial charge on any atom is 0.171 e. The van der Waals surface area contributed by atoms with Crippen LogP contribution >= 0.6 is 15.9 Å². The number of aryl methyl sites for hydroxylation is 1. The van der Waals surface area contributed by atoms with E-state index in [1.54, 1.807) is 18.8 Å². The first-order valence-corrected chi connectivity index (χ1v) is 4.15. The standard InChI is InChI=1S/C7H9BrN2O2/c1-10-6(4-12-2)7(8)5(3-11)9-10/h3H,4H2,1-2H3. The fourth-order valence-electron chi connectivity index (χ4n) is 0.925. The Morgan fingerprint density at radius 2 is 2.42 bits per heavy atom. The summed E-state index contributed by atoms with van der Waals surface area (Å²) in [6.07, 6.45) is 0.712. The normalized spacial score (nSPS) is 10.2. The summed E-state index contributed by atoms with van der Waals surface area (Å²) in [4.78, 5) is 10.5. The van der Waals surface area contributed by atoms with Crippen molar-refractivity contribution in [1.29, 1.82) is 0 Å². The van der Waals surface area contributed by atoms with Crippen LogP contribution in [-0.4, -0.2) is 23.2 Å². The van der Waals surface area contributed by atoms with Crippen molar-refractivity contribution in [1.82, 2.24) is 9.78 Å². The van der Waals surface area contributed by atoms with Gasteiger partial charge < -0.3 is 4.74 Å². The van der Waals surface area contributed by atoms with E-state index in [-0.39, 0.29) is 0 Å². The van der Waals surface area contributed by atoms with Gasteiger partial charge in [0.15, 0.2) is 6.29 Å². The van der Waals surface area contributed by atoms with Crippen molar-refractivity contribution in [3.05, 3.63) is 15.9 Å². The molecule has 0 aliphatic rings. The van der Waals surface area contributed by atoms with Crippen LogP contribution in [0.15, 0.2) is 4.47 Å². The third kappa shape index (κ3) is 1.56. The van der Waals surface area contributed by atoms with Crippen molar-refractivity contribution < 1.29 is 9.53 Å². The smallest absolute Gasteiger partial charge is 0.171 e. The molecule has 1 heterocycles. The summed E-state index contributed by atoms with van der Waals surface area (Å²) in [7, 11) is 3.37. The van der Waals surface area contributed by atoms with Crippen molar-refractivity contribution in [2.24, 2.45) is 7.05 Å². The van der Waals surface area contributed by atoms with Crippen molar-refractivity contribution in [2.45, 2.75) is 6.61 Å². The van der Waals surface area contributed by atoms with Crippen LogP contribution in [0.1, 0.15) is 16.2 Å². The average Bonchev–Trinajstić information content (AvgIpc) is 2.32. The van der Waals surface area contributed by atoms with Crippen molar-refractivity contribution in [3.63, 3.8) is 0 Å². The molecule has 0 aliphatic carbocycles. The number of ether oxygens (including phenoxy) is 1. The van der Waals surface area contributed by atoms with E-state index in [0.717, 1.165) is 5.69 Å². The molecule has 0 N–H and O–H groups in total. The molecule has 4 nitrogen and oxygen atoms in total. The van der Waals surface area contributed by atoms with E-state index in [0.29, 0.717) is 23.1 Å². The van der Waals surface area contributed by atoms with Crippen LogP contribution in [-0.2, 0) is 18.4 Å². The number of halogens is 1. The Kier molecular flexibility index (Phi) is 2.99. The summed E-state index contributed by atoms with van der Waals surface area (Å²) >= 11 is 3.27. The predicted octanol–water partition coefficient (Wildman–Crippen LogP) is 1.14. The minimum absolute atomic E-state index is 0.407. The zero-order chi connectivity index (χ0) is 9.14. The molecule has 0 aliphatic heterocycles. The summed E-state index contributed by atoms with van der Waals surface area (Å²) in [5.74, 6) is 0. The molecule has 0 unspecified atom stereocenters. The molecule has 0 aromatic carbocycles. The highest BCUT2D eigenvalue weighted by molar-refractivity contribution is 9.10. The Bertz CT molecular complexity index is 296. The average molecular weight is 233 g/mol. The van der Waals surface area contributed by atoms with Crippen molar-refractivity contribution in [3.8, 4) is 0 Å². The summed E-state index contributed by atoms with van der Waals surface area (Å²) in [6.45, 7) is 0.442. The molecule has 0 amide bonds. The van der Waals surface area contributed by atoms with E-state index in [1.807, 2.05) is 0 Å². The quantitative estimate of drug-likeness (QED) is 0.735. The molecule has 66 valence electrons. The van der Waals surface area contributed by atoms with Gasteiger partial charge in [0.05, 0.1) is 16.8 Å². The molecule has 1 aromatic rings. The Labute approximate surface area is 78.6 Å². The lowest BCUT2D eigenvalue weighted by atomic mass is 10.4. The maximum absolute atomic E-state index is 10.5. The van der Waals surface area contributed by atoms with E-state index < -0.39 is 0 Å². The van der Waals surface area contributed by atoms with E-state index in [1.165, 1.54) is 0 Å². The van der Waals surface area contributed by atoms with Crippen LogP contribution in [0.2, 0.25) is 0 Å². The number of methoxy groups -OCH3 is 1. The number of carbonyl (C=O) groups is 1. The number of rotatable bonds is 3. The van der Waals surface area contributed by atoms with Crippen molar-refractivity contribution in [2.75, 3.05) is 7.11 Å². The predicted molar refractivity (Wildman–Crippen MR) is 47.0 cm³/mol. The van der Waals surface area contributed by atoms with Gasteiger partial charge in [-0.05, 0) is 15.9 Å².